The van der Waals surface area contributed by atoms with Crippen LogP contribution in [0.4, 0.5) is 0 Å². The third kappa shape index (κ3) is 5.28. The maximum atomic E-state index is 12.5. The lowest BCUT2D eigenvalue weighted by Crippen LogP contribution is -2.40. The maximum Gasteiger partial charge on any atom is 0.240 e. The van der Waals surface area contributed by atoms with Gasteiger partial charge >= 0.3 is 0 Å². The van der Waals surface area contributed by atoms with Gasteiger partial charge in [-0.25, -0.2) is 13.1 Å². The van der Waals surface area contributed by atoms with Gasteiger partial charge in [-0.2, -0.15) is 0 Å². The summed E-state index contributed by atoms with van der Waals surface area (Å²) in [5, 5.41) is 4.99. The Morgan fingerprint density at radius 3 is 2.81 bits per heavy atom. The van der Waals surface area contributed by atoms with Crippen molar-refractivity contribution in [3.05, 3.63) is 60.8 Å². The topological polar surface area (TPSA) is 84.2 Å². The Hall–Kier alpha value is -1.93. The standard InChI is InChI=1S/C18H21N3O3S.ClH/c1-14(12-19-9-7-17-3-2-10-24-17)21-25(22,23)18-5-4-16-13-20-8-6-15(16)11-18;/h2-6,8,10-11,13-14,19,21H,7,9,12H2,1H3;1H/t14-;/m1./s1. The van der Waals surface area contributed by atoms with Gasteiger partial charge in [0.2, 0.25) is 10.0 Å². The number of benzene rings is 1. The van der Waals surface area contributed by atoms with Gasteiger partial charge in [-0.3, -0.25) is 4.98 Å². The van der Waals surface area contributed by atoms with Crippen LogP contribution in [-0.2, 0) is 16.4 Å². The molecular formula is C18H22ClN3O3S. The van der Waals surface area contributed by atoms with Crippen molar-refractivity contribution >= 4 is 33.2 Å². The van der Waals surface area contributed by atoms with E-state index in [4.69, 9.17) is 4.42 Å². The van der Waals surface area contributed by atoms with Crippen molar-refractivity contribution in [2.24, 2.45) is 0 Å². The number of pyridine rings is 1. The van der Waals surface area contributed by atoms with Crippen LogP contribution in [-0.4, -0.2) is 32.5 Å². The van der Waals surface area contributed by atoms with Crippen molar-refractivity contribution < 1.29 is 12.8 Å². The Bertz CT molecular complexity index is 930. The van der Waals surface area contributed by atoms with Crippen LogP contribution >= 0.6 is 12.4 Å². The summed E-state index contributed by atoms with van der Waals surface area (Å²) in [5.74, 6) is 0.909. The second-order valence-corrected chi connectivity index (χ2v) is 7.65. The van der Waals surface area contributed by atoms with E-state index in [2.05, 4.69) is 15.0 Å². The first kappa shape index (κ1) is 20.4. The smallest absolute Gasteiger partial charge is 0.240 e. The first-order valence-corrected chi connectivity index (χ1v) is 9.62. The summed E-state index contributed by atoms with van der Waals surface area (Å²) in [7, 11) is -3.56. The fourth-order valence-corrected chi connectivity index (χ4v) is 3.87. The molecule has 0 amide bonds. The number of furan rings is 1. The Labute approximate surface area is 159 Å². The van der Waals surface area contributed by atoms with Crippen LogP contribution in [0.1, 0.15) is 12.7 Å². The minimum atomic E-state index is -3.56. The number of fused-ring (bicyclic) bond motifs is 1. The van der Waals surface area contributed by atoms with Crippen LogP contribution in [0.2, 0.25) is 0 Å². The molecule has 1 atom stereocenters. The van der Waals surface area contributed by atoms with E-state index in [9.17, 15) is 8.42 Å². The number of aromatic nitrogens is 1. The zero-order valence-corrected chi connectivity index (χ0v) is 16.0. The van der Waals surface area contributed by atoms with Crippen molar-refractivity contribution in [1.82, 2.24) is 15.0 Å². The van der Waals surface area contributed by atoms with E-state index in [-0.39, 0.29) is 23.3 Å². The van der Waals surface area contributed by atoms with E-state index in [1.807, 2.05) is 19.1 Å². The SMILES string of the molecule is C[C@H](CNCCc1ccco1)NS(=O)(=O)c1ccc2cnccc2c1.Cl. The van der Waals surface area contributed by atoms with Gasteiger partial charge in [0.15, 0.2) is 0 Å². The van der Waals surface area contributed by atoms with Gasteiger partial charge in [0.25, 0.3) is 0 Å². The summed E-state index contributed by atoms with van der Waals surface area (Å²) in [4.78, 5) is 4.29. The molecule has 3 rings (SSSR count). The zero-order valence-electron chi connectivity index (χ0n) is 14.4. The summed E-state index contributed by atoms with van der Waals surface area (Å²) < 4.78 is 33.0. The summed E-state index contributed by atoms with van der Waals surface area (Å²) in [5.41, 5.74) is 0. The lowest BCUT2D eigenvalue weighted by atomic mass is 10.2. The molecule has 0 aliphatic rings. The largest absolute Gasteiger partial charge is 0.469 e. The van der Waals surface area contributed by atoms with Gasteiger partial charge in [0, 0.05) is 43.3 Å². The summed E-state index contributed by atoms with van der Waals surface area (Å²) in [6.45, 7) is 3.10. The van der Waals surface area contributed by atoms with E-state index in [1.165, 1.54) is 0 Å². The zero-order chi connectivity index (χ0) is 17.7. The van der Waals surface area contributed by atoms with Gasteiger partial charge < -0.3 is 9.73 Å². The highest BCUT2D eigenvalue weighted by Crippen LogP contribution is 2.18. The number of rotatable bonds is 8. The maximum absolute atomic E-state index is 12.5. The number of nitrogens with zero attached hydrogens (tertiary/aromatic N) is 1. The Morgan fingerprint density at radius 1 is 1.19 bits per heavy atom. The summed E-state index contributed by atoms with van der Waals surface area (Å²) in [6.07, 6.45) is 5.78. The highest BCUT2D eigenvalue weighted by molar-refractivity contribution is 7.89. The molecule has 0 saturated heterocycles. The molecule has 0 unspecified atom stereocenters. The van der Waals surface area contributed by atoms with E-state index >= 15 is 0 Å². The molecule has 2 N–H and O–H groups in total. The fourth-order valence-electron chi connectivity index (χ4n) is 2.59. The highest BCUT2D eigenvalue weighted by atomic mass is 35.5. The number of hydrogen-bond acceptors (Lipinski definition) is 5. The average molecular weight is 396 g/mol. The van der Waals surface area contributed by atoms with E-state index in [1.54, 1.807) is 42.9 Å². The van der Waals surface area contributed by atoms with Crippen LogP contribution in [0.25, 0.3) is 10.8 Å². The summed E-state index contributed by atoms with van der Waals surface area (Å²) >= 11 is 0. The molecule has 1 aromatic carbocycles. The molecule has 2 heterocycles. The van der Waals surface area contributed by atoms with Crippen LogP contribution in [0.3, 0.4) is 0 Å². The molecular weight excluding hydrogens is 374 g/mol. The summed E-state index contributed by atoms with van der Waals surface area (Å²) in [6, 6.07) is 10.4. The second-order valence-electron chi connectivity index (χ2n) is 5.94. The number of sulfonamides is 1. The third-order valence-electron chi connectivity index (χ3n) is 3.86. The lowest BCUT2D eigenvalue weighted by Gasteiger charge is -2.15. The van der Waals surface area contributed by atoms with Crippen molar-refractivity contribution in [3.8, 4) is 0 Å². The first-order valence-electron chi connectivity index (χ1n) is 8.14. The van der Waals surface area contributed by atoms with Gasteiger partial charge in [0.1, 0.15) is 5.76 Å². The molecule has 140 valence electrons. The molecule has 0 spiro atoms. The molecule has 8 heteroatoms. The molecule has 3 aromatic rings. The molecule has 26 heavy (non-hydrogen) atoms. The second kappa shape index (κ2) is 9.14. The van der Waals surface area contributed by atoms with E-state index < -0.39 is 10.0 Å². The monoisotopic (exact) mass is 395 g/mol. The minimum absolute atomic E-state index is 0. The van der Waals surface area contributed by atoms with Crippen LogP contribution in [0.15, 0.2) is 64.4 Å². The van der Waals surface area contributed by atoms with Crippen LogP contribution in [0, 0.1) is 0 Å². The van der Waals surface area contributed by atoms with Gasteiger partial charge in [-0.1, -0.05) is 6.07 Å². The molecule has 0 aliphatic carbocycles. The third-order valence-corrected chi connectivity index (χ3v) is 5.44. The Morgan fingerprint density at radius 2 is 2.04 bits per heavy atom. The lowest BCUT2D eigenvalue weighted by molar-refractivity contribution is 0.489. The van der Waals surface area contributed by atoms with Crippen molar-refractivity contribution in [2.75, 3.05) is 13.1 Å². The first-order chi connectivity index (χ1) is 12.0. The molecule has 0 fully saturated rings. The minimum Gasteiger partial charge on any atom is -0.469 e. The Balaban J connectivity index is 0.00000243. The van der Waals surface area contributed by atoms with Crippen molar-refractivity contribution in [2.45, 2.75) is 24.3 Å². The quantitative estimate of drug-likeness (QED) is 0.573. The van der Waals surface area contributed by atoms with E-state index in [0.29, 0.717) is 6.54 Å². The number of halogens is 1. The molecule has 0 saturated carbocycles. The molecule has 2 aromatic heterocycles. The predicted molar refractivity (Wildman–Crippen MR) is 104 cm³/mol. The van der Waals surface area contributed by atoms with E-state index in [0.717, 1.165) is 29.5 Å². The Kier molecular flexibility index (Phi) is 7.16. The fraction of sp³-hybridized carbons (Fsp3) is 0.278. The molecule has 0 bridgehead atoms. The molecule has 0 aliphatic heterocycles. The van der Waals surface area contributed by atoms with Gasteiger partial charge in [0.05, 0.1) is 11.2 Å². The highest BCUT2D eigenvalue weighted by Gasteiger charge is 2.17. The number of hydrogen-bond donors (Lipinski definition) is 2. The normalized spacial score (nSPS) is 12.7. The average Bonchev–Trinajstić information content (AvgIpc) is 3.11. The van der Waals surface area contributed by atoms with Crippen LogP contribution < -0.4 is 10.0 Å². The van der Waals surface area contributed by atoms with Crippen LogP contribution in [0.5, 0.6) is 0 Å². The number of nitrogens with one attached hydrogen (secondary N) is 2. The van der Waals surface area contributed by atoms with Crippen molar-refractivity contribution in [3.63, 3.8) is 0 Å². The predicted octanol–water partition coefficient (Wildman–Crippen LogP) is 2.75. The van der Waals surface area contributed by atoms with Gasteiger partial charge in [-0.15, -0.1) is 12.4 Å². The van der Waals surface area contributed by atoms with Crippen molar-refractivity contribution in [1.29, 1.82) is 0 Å². The molecule has 0 radical (unpaired) electrons. The molecule has 6 nitrogen and oxygen atoms in total. The van der Waals surface area contributed by atoms with Gasteiger partial charge in [-0.05, 0) is 42.6 Å².